The molecule has 0 saturated carbocycles. The molecule has 0 unspecified atom stereocenters. The third kappa shape index (κ3) is 3.64. The number of fused-ring (bicyclic) bond motifs is 1. The monoisotopic (exact) mass is 348 g/mol. The highest BCUT2D eigenvalue weighted by atomic mass is 32.2. The van der Waals surface area contributed by atoms with Crippen molar-refractivity contribution >= 4 is 10.0 Å². The zero-order valence-electron chi connectivity index (χ0n) is 14.3. The van der Waals surface area contributed by atoms with E-state index < -0.39 is 10.0 Å². The molecule has 1 atom stereocenters. The fraction of sp³-hybridized carbons (Fsp3) is 0.611. The highest BCUT2D eigenvalue weighted by molar-refractivity contribution is 7.89. The molecule has 1 aromatic rings. The van der Waals surface area contributed by atoms with Gasteiger partial charge in [-0.2, -0.15) is 9.57 Å². The molecule has 1 N–H and O–H groups in total. The van der Waals surface area contributed by atoms with Crippen LogP contribution in [0.4, 0.5) is 0 Å². The third-order valence-electron chi connectivity index (χ3n) is 5.20. The van der Waals surface area contributed by atoms with E-state index in [1.54, 1.807) is 10.4 Å². The van der Waals surface area contributed by atoms with E-state index in [-0.39, 0.29) is 5.92 Å². The molecular weight excluding hydrogens is 322 g/mol. The van der Waals surface area contributed by atoms with E-state index in [0.717, 1.165) is 38.9 Å². The van der Waals surface area contributed by atoms with Crippen molar-refractivity contribution in [3.8, 4) is 6.07 Å². The summed E-state index contributed by atoms with van der Waals surface area (Å²) in [5.74, 6) is 0.0174. The molecule has 1 aliphatic carbocycles. The van der Waals surface area contributed by atoms with Crippen LogP contribution in [0, 0.1) is 17.2 Å². The summed E-state index contributed by atoms with van der Waals surface area (Å²) in [5, 5.41) is 8.92. The van der Waals surface area contributed by atoms with E-state index >= 15 is 0 Å². The minimum atomic E-state index is -3.40. The highest BCUT2D eigenvalue weighted by Crippen LogP contribution is 2.25. The summed E-state index contributed by atoms with van der Waals surface area (Å²) in [5.41, 5.74) is 2.51. The van der Waals surface area contributed by atoms with Crippen LogP contribution in [0.25, 0.3) is 0 Å². The number of rotatable bonds is 4. The standard InChI is InChI=1S/C18H25N3O2S/c1-15(13-19)14-20-8-10-21(11-9-20)24(22,23)18-7-6-16-4-2-3-5-17(16)12-18/h6-7,12,15H,2-5,8-11,14H2,1H3/p+1/t15-/m0/s1. The van der Waals surface area contributed by atoms with Gasteiger partial charge < -0.3 is 4.90 Å². The first-order valence-electron chi connectivity index (χ1n) is 8.86. The first kappa shape index (κ1) is 17.4. The second kappa shape index (κ2) is 7.22. The Kier molecular flexibility index (Phi) is 5.24. The van der Waals surface area contributed by atoms with Gasteiger partial charge in [-0.25, -0.2) is 8.42 Å². The molecule has 5 nitrogen and oxygen atoms in total. The summed E-state index contributed by atoms with van der Waals surface area (Å²) in [7, 11) is -3.40. The predicted octanol–water partition coefficient (Wildman–Crippen LogP) is 0.614. The molecule has 0 bridgehead atoms. The van der Waals surface area contributed by atoms with Crippen LogP contribution < -0.4 is 4.90 Å². The van der Waals surface area contributed by atoms with E-state index in [1.807, 2.05) is 19.1 Å². The van der Waals surface area contributed by atoms with Crippen LogP contribution in [-0.2, 0) is 22.9 Å². The maximum atomic E-state index is 12.9. The van der Waals surface area contributed by atoms with Crippen molar-refractivity contribution in [1.29, 1.82) is 5.26 Å². The Morgan fingerprint density at radius 3 is 2.54 bits per heavy atom. The number of nitriles is 1. The lowest BCUT2D eigenvalue weighted by atomic mass is 9.92. The van der Waals surface area contributed by atoms with Crippen LogP contribution in [0.15, 0.2) is 23.1 Å². The summed E-state index contributed by atoms with van der Waals surface area (Å²) >= 11 is 0. The van der Waals surface area contributed by atoms with Gasteiger partial charge in [0.15, 0.2) is 0 Å². The van der Waals surface area contributed by atoms with Crippen molar-refractivity contribution in [2.75, 3.05) is 32.7 Å². The average molecular weight is 348 g/mol. The van der Waals surface area contributed by atoms with Crippen LogP contribution in [-0.4, -0.2) is 45.4 Å². The van der Waals surface area contributed by atoms with E-state index in [2.05, 4.69) is 6.07 Å². The number of piperazine rings is 1. The van der Waals surface area contributed by atoms with Gasteiger partial charge in [-0.3, -0.25) is 0 Å². The second-order valence-electron chi connectivity index (χ2n) is 7.03. The molecule has 0 aromatic heterocycles. The molecule has 0 amide bonds. The molecule has 1 saturated heterocycles. The molecular formula is C18H26N3O2S+. The first-order chi connectivity index (χ1) is 11.5. The van der Waals surface area contributed by atoms with Gasteiger partial charge in [0.2, 0.25) is 10.0 Å². The Morgan fingerprint density at radius 1 is 1.21 bits per heavy atom. The highest BCUT2D eigenvalue weighted by Gasteiger charge is 2.31. The number of nitrogens with one attached hydrogen (secondary N) is 1. The third-order valence-corrected chi connectivity index (χ3v) is 7.10. The molecule has 130 valence electrons. The number of nitrogens with zero attached hydrogens (tertiary/aromatic N) is 2. The number of hydrogen-bond acceptors (Lipinski definition) is 3. The molecule has 0 spiro atoms. The number of benzene rings is 1. The summed E-state index contributed by atoms with van der Waals surface area (Å²) in [6.07, 6.45) is 4.40. The number of sulfonamides is 1. The largest absolute Gasteiger partial charge is 0.332 e. The molecule has 2 aliphatic rings. The minimum absolute atomic E-state index is 0.0174. The number of aryl methyl sites for hydroxylation is 2. The Hall–Kier alpha value is -1.42. The summed E-state index contributed by atoms with van der Waals surface area (Å²) in [4.78, 5) is 1.76. The Balaban J connectivity index is 1.70. The van der Waals surface area contributed by atoms with Gasteiger partial charge in [-0.05, 0) is 55.9 Å². The summed E-state index contributed by atoms with van der Waals surface area (Å²) in [6.45, 7) is 5.33. The zero-order chi connectivity index (χ0) is 17.2. The Labute approximate surface area is 144 Å². The molecule has 3 rings (SSSR count). The SMILES string of the molecule is C[C@@H](C#N)C[NH+]1CCN(S(=O)(=O)c2ccc3c(c2)CCCC3)CC1. The van der Waals surface area contributed by atoms with Crippen LogP contribution >= 0.6 is 0 Å². The normalized spacial score (nSPS) is 21.0. The second-order valence-corrected chi connectivity index (χ2v) is 8.96. The van der Waals surface area contributed by atoms with Crippen molar-refractivity contribution in [2.45, 2.75) is 37.5 Å². The first-order valence-corrected chi connectivity index (χ1v) is 10.3. The van der Waals surface area contributed by atoms with Crippen molar-refractivity contribution in [3.63, 3.8) is 0 Å². The zero-order valence-corrected chi connectivity index (χ0v) is 15.1. The lowest BCUT2D eigenvalue weighted by Crippen LogP contribution is -3.15. The average Bonchev–Trinajstić information content (AvgIpc) is 2.61. The van der Waals surface area contributed by atoms with E-state index in [0.29, 0.717) is 18.0 Å². The number of hydrogen-bond donors (Lipinski definition) is 1. The maximum Gasteiger partial charge on any atom is 0.243 e. The molecule has 1 fully saturated rings. The van der Waals surface area contributed by atoms with Gasteiger partial charge in [0.05, 0.1) is 49.6 Å². The summed E-state index contributed by atoms with van der Waals surface area (Å²) in [6, 6.07) is 7.92. The van der Waals surface area contributed by atoms with Crippen LogP contribution in [0.2, 0.25) is 0 Å². The molecule has 1 aromatic carbocycles. The lowest BCUT2D eigenvalue weighted by molar-refractivity contribution is -0.905. The van der Waals surface area contributed by atoms with Crippen LogP contribution in [0.5, 0.6) is 0 Å². The van der Waals surface area contributed by atoms with Crippen LogP contribution in [0.1, 0.15) is 30.9 Å². The van der Waals surface area contributed by atoms with Gasteiger partial charge in [0, 0.05) is 0 Å². The topological polar surface area (TPSA) is 65.6 Å². The Bertz CT molecular complexity index is 731. The van der Waals surface area contributed by atoms with Crippen molar-refractivity contribution in [1.82, 2.24) is 4.31 Å². The Morgan fingerprint density at radius 2 is 1.88 bits per heavy atom. The summed E-state index contributed by atoms with van der Waals surface area (Å²) < 4.78 is 27.5. The fourth-order valence-corrected chi connectivity index (χ4v) is 5.24. The van der Waals surface area contributed by atoms with Crippen molar-refractivity contribution < 1.29 is 13.3 Å². The number of quaternary nitrogens is 1. The van der Waals surface area contributed by atoms with Gasteiger partial charge in [0.1, 0.15) is 0 Å². The molecule has 1 aliphatic heterocycles. The van der Waals surface area contributed by atoms with Gasteiger partial charge in [-0.15, -0.1) is 0 Å². The van der Waals surface area contributed by atoms with Crippen LogP contribution in [0.3, 0.4) is 0 Å². The molecule has 1 heterocycles. The predicted molar refractivity (Wildman–Crippen MR) is 92.2 cm³/mol. The van der Waals surface area contributed by atoms with E-state index in [1.165, 1.54) is 22.4 Å². The lowest BCUT2D eigenvalue weighted by Gasteiger charge is -2.32. The molecule has 24 heavy (non-hydrogen) atoms. The molecule has 6 heteroatoms. The van der Waals surface area contributed by atoms with Gasteiger partial charge in [0.25, 0.3) is 0 Å². The fourth-order valence-electron chi connectivity index (χ4n) is 3.74. The maximum absolute atomic E-state index is 12.9. The molecule has 0 radical (unpaired) electrons. The van der Waals surface area contributed by atoms with Crippen molar-refractivity contribution in [2.24, 2.45) is 5.92 Å². The smallest absolute Gasteiger partial charge is 0.243 e. The minimum Gasteiger partial charge on any atom is -0.332 e. The van der Waals surface area contributed by atoms with Gasteiger partial charge in [-0.1, -0.05) is 6.07 Å². The van der Waals surface area contributed by atoms with E-state index in [9.17, 15) is 8.42 Å². The van der Waals surface area contributed by atoms with E-state index in [4.69, 9.17) is 5.26 Å². The van der Waals surface area contributed by atoms with Gasteiger partial charge >= 0.3 is 0 Å². The quantitative estimate of drug-likeness (QED) is 0.867. The van der Waals surface area contributed by atoms with Crippen molar-refractivity contribution in [3.05, 3.63) is 29.3 Å².